The van der Waals surface area contributed by atoms with Crippen LogP contribution in [0.15, 0.2) is 36.8 Å². The van der Waals surface area contributed by atoms with Crippen molar-refractivity contribution in [3.63, 3.8) is 0 Å². The lowest BCUT2D eigenvalue weighted by Crippen LogP contribution is -2.08. The number of aromatic nitrogens is 4. The summed E-state index contributed by atoms with van der Waals surface area (Å²) in [5.41, 5.74) is 8.51. The number of aryl methyl sites for hydroxylation is 1. The third-order valence-electron chi connectivity index (χ3n) is 3.28. The molecule has 0 spiro atoms. The van der Waals surface area contributed by atoms with E-state index < -0.39 is 0 Å². The maximum Gasteiger partial charge on any atom is 0.152 e. The van der Waals surface area contributed by atoms with Crippen molar-refractivity contribution in [2.45, 2.75) is 20.0 Å². The van der Waals surface area contributed by atoms with Crippen LogP contribution in [0.1, 0.15) is 12.7 Å². The minimum absolute atomic E-state index is 0.601. The van der Waals surface area contributed by atoms with E-state index in [1.54, 1.807) is 12.5 Å². The van der Waals surface area contributed by atoms with E-state index in [1.807, 2.05) is 28.8 Å². The molecule has 0 radical (unpaired) electrons. The maximum atomic E-state index is 5.97. The Kier molecular flexibility index (Phi) is 3.20. The van der Waals surface area contributed by atoms with Crippen molar-refractivity contribution in [1.82, 2.24) is 19.7 Å². The largest absolute Gasteiger partial charge is 0.398 e. The van der Waals surface area contributed by atoms with Gasteiger partial charge in [-0.05, 0) is 31.2 Å². The number of fused-ring (bicyclic) bond motifs is 1. The minimum Gasteiger partial charge on any atom is -0.398 e. The molecule has 2 heterocycles. The minimum atomic E-state index is 0.601. The molecule has 6 nitrogen and oxygen atoms in total. The van der Waals surface area contributed by atoms with Crippen LogP contribution < -0.4 is 11.1 Å². The van der Waals surface area contributed by atoms with Crippen LogP contribution in [0.25, 0.3) is 10.9 Å². The van der Waals surface area contributed by atoms with E-state index in [1.165, 1.54) is 0 Å². The van der Waals surface area contributed by atoms with E-state index >= 15 is 0 Å². The fourth-order valence-corrected chi connectivity index (χ4v) is 2.19. The molecule has 3 rings (SSSR count). The summed E-state index contributed by atoms with van der Waals surface area (Å²) in [4.78, 5) is 4.40. The molecule has 0 amide bonds. The molecule has 0 fully saturated rings. The fourth-order valence-electron chi connectivity index (χ4n) is 2.19. The topological polar surface area (TPSA) is 81.7 Å². The van der Waals surface area contributed by atoms with Gasteiger partial charge in [0.05, 0.1) is 17.7 Å². The molecule has 2 aromatic heterocycles. The number of benzene rings is 1. The Hall–Kier alpha value is -2.63. The molecule has 0 bridgehead atoms. The lowest BCUT2D eigenvalue weighted by molar-refractivity contribution is 0.708. The number of hydrogen-bond donors (Lipinski definition) is 2. The zero-order valence-electron chi connectivity index (χ0n) is 11.2. The Morgan fingerprint density at radius 2 is 2.20 bits per heavy atom. The van der Waals surface area contributed by atoms with Crippen LogP contribution in [-0.2, 0) is 13.1 Å². The highest BCUT2D eigenvalue weighted by Gasteiger charge is 2.07. The van der Waals surface area contributed by atoms with Gasteiger partial charge >= 0.3 is 0 Å². The number of pyridine rings is 1. The monoisotopic (exact) mass is 268 g/mol. The first-order chi connectivity index (χ1) is 9.79. The number of nitrogens with two attached hydrogens (primary N) is 1. The highest BCUT2D eigenvalue weighted by Crippen LogP contribution is 2.26. The smallest absolute Gasteiger partial charge is 0.152 e. The van der Waals surface area contributed by atoms with Crippen molar-refractivity contribution in [2.75, 3.05) is 11.1 Å². The summed E-state index contributed by atoms with van der Waals surface area (Å²) in [6.07, 6.45) is 3.50. The lowest BCUT2D eigenvalue weighted by atomic mass is 10.1. The summed E-state index contributed by atoms with van der Waals surface area (Å²) in [7, 11) is 0. The predicted molar refractivity (Wildman–Crippen MR) is 79.2 cm³/mol. The molecule has 20 heavy (non-hydrogen) atoms. The number of anilines is 2. The third-order valence-corrected chi connectivity index (χ3v) is 3.28. The zero-order chi connectivity index (χ0) is 13.9. The number of rotatable bonds is 4. The molecule has 0 unspecified atom stereocenters. The molecular weight excluding hydrogens is 252 g/mol. The number of nitrogens with zero attached hydrogens (tertiary/aromatic N) is 4. The van der Waals surface area contributed by atoms with Gasteiger partial charge in [-0.1, -0.05) is 0 Å². The highest BCUT2D eigenvalue weighted by atomic mass is 15.3. The molecule has 0 atom stereocenters. The number of hydrogen-bond acceptors (Lipinski definition) is 5. The van der Waals surface area contributed by atoms with E-state index in [-0.39, 0.29) is 0 Å². The van der Waals surface area contributed by atoms with Gasteiger partial charge in [-0.2, -0.15) is 0 Å². The molecule has 3 N–H and O–H groups in total. The summed E-state index contributed by atoms with van der Waals surface area (Å²) in [6.45, 7) is 3.52. The van der Waals surface area contributed by atoms with Crippen LogP contribution >= 0.6 is 0 Å². The van der Waals surface area contributed by atoms with Crippen LogP contribution in [0.4, 0.5) is 11.4 Å². The van der Waals surface area contributed by atoms with E-state index in [0.29, 0.717) is 6.54 Å². The first-order valence-corrected chi connectivity index (χ1v) is 6.53. The average Bonchev–Trinajstić information content (AvgIpc) is 2.94. The quantitative estimate of drug-likeness (QED) is 0.708. The van der Waals surface area contributed by atoms with E-state index in [4.69, 9.17) is 5.73 Å². The van der Waals surface area contributed by atoms with Gasteiger partial charge in [0, 0.05) is 23.8 Å². The Morgan fingerprint density at radius 3 is 3.05 bits per heavy atom. The molecule has 0 aliphatic heterocycles. The predicted octanol–water partition coefficient (Wildman–Crippen LogP) is 2.04. The first-order valence-electron chi connectivity index (χ1n) is 6.53. The van der Waals surface area contributed by atoms with Gasteiger partial charge in [0.25, 0.3) is 0 Å². The molecule has 3 aromatic rings. The standard InChI is InChI=1S/C14H16N6/c1-2-20-9-18-19-13(20)8-17-12-6-5-11(15)10-4-3-7-16-14(10)12/h3-7,9,17H,2,8,15H2,1H3. The Balaban J connectivity index is 1.90. The lowest BCUT2D eigenvalue weighted by Gasteiger charge is -2.10. The van der Waals surface area contributed by atoms with Gasteiger partial charge in [-0.3, -0.25) is 4.98 Å². The second-order valence-corrected chi connectivity index (χ2v) is 4.49. The van der Waals surface area contributed by atoms with E-state index in [0.717, 1.165) is 34.6 Å². The number of nitrogen functional groups attached to an aromatic ring is 1. The second-order valence-electron chi connectivity index (χ2n) is 4.49. The summed E-state index contributed by atoms with van der Waals surface area (Å²) in [5, 5.41) is 12.3. The summed E-state index contributed by atoms with van der Waals surface area (Å²) in [5.74, 6) is 0.897. The molecule has 0 saturated carbocycles. The summed E-state index contributed by atoms with van der Waals surface area (Å²) in [6, 6.07) is 7.68. The zero-order valence-corrected chi connectivity index (χ0v) is 11.2. The van der Waals surface area contributed by atoms with Gasteiger partial charge in [0.2, 0.25) is 0 Å². The van der Waals surface area contributed by atoms with Crippen molar-refractivity contribution < 1.29 is 0 Å². The third kappa shape index (κ3) is 2.16. The summed E-state index contributed by atoms with van der Waals surface area (Å²) < 4.78 is 2.00. The van der Waals surface area contributed by atoms with Gasteiger partial charge in [0.15, 0.2) is 5.82 Å². The molecular formula is C14H16N6. The Bertz CT molecular complexity index is 733. The Morgan fingerprint density at radius 1 is 1.30 bits per heavy atom. The average molecular weight is 268 g/mol. The highest BCUT2D eigenvalue weighted by molar-refractivity contribution is 5.98. The number of nitrogens with one attached hydrogen (secondary N) is 1. The first kappa shape index (κ1) is 12.4. The maximum absolute atomic E-state index is 5.97. The second kappa shape index (κ2) is 5.16. The molecule has 0 aliphatic rings. The van der Waals surface area contributed by atoms with Crippen molar-refractivity contribution >= 4 is 22.3 Å². The molecule has 0 saturated heterocycles. The SMILES string of the molecule is CCn1cnnc1CNc1ccc(N)c2cccnc12. The van der Waals surface area contributed by atoms with Crippen molar-refractivity contribution in [3.05, 3.63) is 42.6 Å². The van der Waals surface area contributed by atoms with Crippen LogP contribution in [-0.4, -0.2) is 19.7 Å². The van der Waals surface area contributed by atoms with E-state index in [9.17, 15) is 0 Å². The molecule has 1 aromatic carbocycles. The molecule has 0 aliphatic carbocycles. The van der Waals surface area contributed by atoms with Crippen molar-refractivity contribution in [2.24, 2.45) is 0 Å². The normalized spacial score (nSPS) is 10.8. The van der Waals surface area contributed by atoms with Crippen LogP contribution in [0.3, 0.4) is 0 Å². The molecule has 6 heteroatoms. The Labute approximate surface area is 116 Å². The fraction of sp³-hybridized carbons (Fsp3) is 0.214. The van der Waals surface area contributed by atoms with Gasteiger partial charge in [-0.25, -0.2) is 0 Å². The van der Waals surface area contributed by atoms with Gasteiger partial charge < -0.3 is 15.6 Å². The molecule has 102 valence electrons. The van der Waals surface area contributed by atoms with E-state index in [2.05, 4.69) is 27.4 Å². The van der Waals surface area contributed by atoms with Crippen LogP contribution in [0.2, 0.25) is 0 Å². The van der Waals surface area contributed by atoms with Gasteiger partial charge in [-0.15, -0.1) is 10.2 Å². The van der Waals surface area contributed by atoms with Crippen LogP contribution in [0, 0.1) is 0 Å². The van der Waals surface area contributed by atoms with Gasteiger partial charge in [0.1, 0.15) is 6.33 Å². The van der Waals surface area contributed by atoms with Crippen molar-refractivity contribution in [1.29, 1.82) is 0 Å². The van der Waals surface area contributed by atoms with Crippen molar-refractivity contribution in [3.8, 4) is 0 Å². The van der Waals surface area contributed by atoms with Crippen LogP contribution in [0.5, 0.6) is 0 Å². The summed E-state index contributed by atoms with van der Waals surface area (Å²) >= 11 is 0.